The van der Waals surface area contributed by atoms with Gasteiger partial charge in [-0.15, -0.1) is 11.8 Å². The number of hydrogen-bond acceptors (Lipinski definition) is 5. The number of para-hydroxylation sites is 2. The van der Waals surface area contributed by atoms with Crippen LogP contribution in [0.5, 0.6) is 11.5 Å². The molecule has 0 aromatic heterocycles. The Bertz CT molecular complexity index is 560. The highest BCUT2D eigenvalue weighted by molar-refractivity contribution is 7.98. The summed E-state index contributed by atoms with van der Waals surface area (Å²) in [6, 6.07) is 14.9. The van der Waals surface area contributed by atoms with Crippen LogP contribution < -0.4 is 15.2 Å². The summed E-state index contributed by atoms with van der Waals surface area (Å²) in [4.78, 5) is 1.17. The Morgan fingerprint density at radius 3 is 2.38 bits per heavy atom. The maximum absolute atomic E-state index is 9.87. The Balaban J connectivity index is 1.76. The summed E-state index contributed by atoms with van der Waals surface area (Å²) < 4.78 is 11.0. The molecule has 1 unspecified atom stereocenters. The maximum atomic E-state index is 9.87. The molecule has 0 saturated carbocycles. The van der Waals surface area contributed by atoms with Gasteiger partial charge in [-0.1, -0.05) is 12.1 Å². The number of nitrogen functional groups attached to an aromatic ring is 1. The molecule has 21 heavy (non-hydrogen) atoms. The number of rotatable bonds is 7. The zero-order valence-electron chi connectivity index (χ0n) is 11.9. The van der Waals surface area contributed by atoms with Crippen LogP contribution in [0.3, 0.4) is 0 Å². The fourth-order valence-corrected chi connectivity index (χ4v) is 2.12. The summed E-state index contributed by atoms with van der Waals surface area (Å²) in [5.41, 5.74) is 6.31. The first-order valence-corrected chi connectivity index (χ1v) is 7.83. The molecule has 0 aliphatic heterocycles. The molecule has 0 radical (unpaired) electrons. The largest absolute Gasteiger partial charge is 0.491 e. The van der Waals surface area contributed by atoms with Crippen LogP contribution in [0.2, 0.25) is 0 Å². The highest BCUT2D eigenvalue weighted by atomic mass is 32.2. The van der Waals surface area contributed by atoms with Crippen molar-refractivity contribution in [2.24, 2.45) is 0 Å². The van der Waals surface area contributed by atoms with Crippen LogP contribution in [-0.4, -0.2) is 30.7 Å². The Labute approximate surface area is 128 Å². The van der Waals surface area contributed by atoms with E-state index in [4.69, 9.17) is 15.2 Å². The molecule has 2 rings (SSSR count). The lowest BCUT2D eigenvalue weighted by Crippen LogP contribution is -2.25. The molecule has 0 amide bonds. The summed E-state index contributed by atoms with van der Waals surface area (Å²) >= 11 is 1.67. The maximum Gasteiger partial charge on any atom is 0.142 e. The number of hydrogen-bond donors (Lipinski definition) is 2. The average Bonchev–Trinajstić information content (AvgIpc) is 2.52. The van der Waals surface area contributed by atoms with Crippen molar-refractivity contribution in [1.29, 1.82) is 0 Å². The predicted octanol–water partition coefficient (Wildman–Crippen LogP) is 2.81. The lowest BCUT2D eigenvalue weighted by Gasteiger charge is -2.14. The molecule has 5 heteroatoms. The minimum Gasteiger partial charge on any atom is -0.491 e. The van der Waals surface area contributed by atoms with Gasteiger partial charge in [0.15, 0.2) is 0 Å². The molecule has 0 bridgehead atoms. The molecule has 0 aliphatic carbocycles. The van der Waals surface area contributed by atoms with Crippen molar-refractivity contribution in [1.82, 2.24) is 0 Å². The van der Waals surface area contributed by atoms with Crippen molar-refractivity contribution in [3.63, 3.8) is 0 Å². The number of aliphatic hydroxyl groups excluding tert-OH is 1. The molecule has 1 atom stereocenters. The van der Waals surface area contributed by atoms with Crippen LogP contribution in [0.25, 0.3) is 0 Å². The Hall–Kier alpha value is -1.85. The van der Waals surface area contributed by atoms with Crippen LogP contribution in [0.4, 0.5) is 5.69 Å². The lowest BCUT2D eigenvalue weighted by molar-refractivity contribution is 0.0629. The van der Waals surface area contributed by atoms with Gasteiger partial charge in [0.25, 0.3) is 0 Å². The smallest absolute Gasteiger partial charge is 0.142 e. The molecule has 2 aromatic rings. The van der Waals surface area contributed by atoms with Crippen LogP contribution in [0, 0.1) is 0 Å². The van der Waals surface area contributed by atoms with E-state index in [9.17, 15) is 5.11 Å². The van der Waals surface area contributed by atoms with Crippen LogP contribution in [-0.2, 0) is 0 Å². The van der Waals surface area contributed by atoms with E-state index in [1.807, 2.05) is 42.7 Å². The van der Waals surface area contributed by atoms with E-state index < -0.39 is 6.10 Å². The Morgan fingerprint density at radius 1 is 1.05 bits per heavy atom. The third kappa shape index (κ3) is 4.88. The minimum absolute atomic E-state index is 0.136. The molecule has 4 nitrogen and oxygen atoms in total. The standard InChI is InChI=1S/C16H19NO3S/c1-21-14-8-6-13(7-9-14)19-10-12(18)11-20-16-5-3-2-4-15(16)17/h2-9,12,18H,10-11,17H2,1H3. The molecule has 112 valence electrons. The lowest BCUT2D eigenvalue weighted by atomic mass is 10.3. The van der Waals surface area contributed by atoms with E-state index in [-0.39, 0.29) is 13.2 Å². The van der Waals surface area contributed by atoms with Crippen molar-refractivity contribution in [2.75, 3.05) is 25.2 Å². The average molecular weight is 305 g/mol. The predicted molar refractivity (Wildman–Crippen MR) is 86.1 cm³/mol. The second-order valence-corrected chi connectivity index (χ2v) is 5.37. The number of anilines is 1. The van der Waals surface area contributed by atoms with E-state index in [2.05, 4.69) is 0 Å². The van der Waals surface area contributed by atoms with Gasteiger partial charge >= 0.3 is 0 Å². The van der Waals surface area contributed by atoms with E-state index in [1.165, 1.54) is 4.90 Å². The van der Waals surface area contributed by atoms with Crippen molar-refractivity contribution >= 4 is 17.4 Å². The molecule has 0 aliphatic rings. The topological polar surface area (TPSA) is 64.7 Å². The van der Waals surface area contributed by atoms with Crippen molar-refractivity contribution in [2.45, 2.75) is 11.0 Å². The van der Waals surface area contributed by atoms with Gasteiger partial charge in [-0.05, 0) is 42.7 Å². The number of thioether (sulfide) groups is 1. The van der Waals surface area contributed by atoms with Gasteiger partial charge in [0.05, 0.1) is 5.69 Å². The van der Waals surface area contributed by atoms with Crippen LogP contribution >= 0.6 is 11.8 Å². The molecular weight excluding hydrogens is 286 g/mol. The first-order valence-electron chi connectivity index (χ1n) is 6.61. The number of aliphatic hydroxyl groups is 1. The van der Waals surface area contributed by atoms with Crippen molar-refractivity contribution < 1.29 is 14.6 Å². The first-order chi connectivity index (χ1) is 10.2. The zero-order valence-corrected chi connectivity index (χ0v) is 12.7. The van der Waals surface area contributed by atoms with E-state index >= 15 is 0 Å². The third-order valence-electron chi connectivity index (χ3n) is 2.85. The normalized spacial score (nSPS) is 11.9. The second-order valence-electron chi connectivity index (χ2n) is 4.49. The zero-order chi connectivity index (χ0) is 15.1. The van der Waals surface area contributed by atoms with Gasteiger partial charge < -0.3 is 20.3 Å². The van der Waals surface area contributed by atoms with Gasteiger partial charge in [-0.2, -0.15) is 0 Å². The molecule has 3 N–H and O–H groups in total. The number of benzene rings is 2. The van der Waals surface area contributed by atoms with Crippen LogP contribution in [0.1, 0.15) is 0 Å². The molecule has 0 saturated heterocycles. The Kier molecular flexibility index (Phi) is 5.78. The molecular formula is C16H19NO3S. The summed E-state index contributed by atoms with van der Waals surface area (Å²) in [7, 11) is 0. The fraction of sp³-hybridized carbons (Fsp3) is 0.250. The molecule has 0 heterocycles. The van der Waals surface area contributed by atoms with E-state index in [1.54, 1.807) is 23.9 Å². The highest BCUT2D eigenvalue weighted by Gasteiger charge is 2.08. The van der Waals surface area contributed by atoms with Gasteiger partial charge in [-0.3, -0.25) is 0 Å². The van der Waals surface area contributed by atoms with E-state index in [0.717, 1.165) is 5.75 Å². The van der Waals surface area contributed by atoms with Gasteiger partial charge in [0, 0.05) is 4.90 Å². The van der Waals surface area contributed by atoms with Gasteiger partial charge in [-0.25, -0.2) is 0 Å². The highest BCUT2D eigenvalue weighted by Crippen LogP contribution is 2.20. The fourth-order valence-electron chi connectivity index (χ4n) is 1.71. The Morgan fingerprint density at radius 2 is 1.71 bits per heavy atom. The molecule has 0 spiro atoms. The van der Waals surface area contributed by atoms with Gasteiger partial charge in [0.2, 0.25) is 0 Å². The summed E-state index contributed by atoms with van der Waals surface area (Å²) in [6.07, 6.45) is 1.30. The first kappa shape index (κ1) is 15.5. The quantitative estimate of drug-likeness (QED) is 0.608. The van der Waals surface area contributed by atoms with E-state index in [0.29, 0.717) is 11.4 Å². The number of ether oxygens (including phenoxy) is 2. The monoisotopic (exact) mass is 305 g/mol. The third-order valence-corrected chi connectivity index (χ3v) is 3.60. The molecule has 0 fully saturated rings. The van der Waals surface area contributed by atoms with Crippen molar-refractivity contribution in [3.05, 3.63) is 48.5 Å². The minimum atomic E-state index is -0.718. The van der Waals surface area contributed by atoms with Crippen molar-refractivity contribution in [3.8, 4) is 11.5 Å². The van der Waals surface area contributed by atoms with Crippen LogP contribution in [0.15, 0.2) is 53.4 Å². The number of nitrogens with two attached hydrogens (primary N) is 1. The molecule has 2 aromatic carbocycles. The second kappa shape index (κ2) is 7.81. The SMILES string of the molecule is CSc1ccc(OCC(O)COc2ccccc2N)cc1. The van der Waals surface area contributed by atoms with Gasteiger partial charge in [0.1, 0.15) is 30.8 Å². The summed E-state index contributed by atoms with van der Waals surface area (Å²) in [6.45, 7) is 0.308. The summed E-state index contributed by atoms with van der Waals surface area (Å²) in [5.74, 6) is 1.30. The summed E-state index contributed by atoms with van der Waals surface area (Å²) in [5, 5.41) is 9.87.